The van der Waals surface area contributed by atoms with Crippen molar-refractivity contribution >= 4 is 5.82 Å². The lowest BCUT2D eigenvalue weighted by Gasteiger charge is -2.29. The molecule has 31 heavy (non-hydrogen) atoms. The highest BCUT2D eigenvalue weighted by atomic mass is 19.1. The molecule has 2 aromatic rings. The van der Waals surface area contributed by atoms with Crippen LogP contribution in [-0.2, 0) is 16.8 Å². The number of aromatic nitrogens is 2. The van der Waals surface area contributed by atoms with Crippen molar-refractivity contribution in [2.24, 2.45) is 0 Å². The Balaban J connectivity index is 1.46. The molecule has 5 nitrogen and oxygen atoms in total. The molecule has 164 valence electrons. The van der Waals surface area contributed by atoms with E-state index >= 15 is 4.39 Å². The van der Waals surface area contributed by atoms with Crippen molar-refractivity contribution in [2.75, 3.05) is 5.32 Å². The molecule has 3 fully saturated rings. The Hall–Kier alpha value is -2.12. The molecule has 4 atom stereocenters. The summed E-state index contributed by atoms with van der Waals surface area (Å²) < 4.78 is 36.0. The third-order valence-electron chi connectivity index (χ3n) is 7.51. The molecule has 0 spiro atoms. The second-order valence-electron chi connectivity index (χ2n) is 9.68. The summed E-state index contributed by atoms with van der Waals surface area (Å²) in [6.07, 6.45) is 5.66. The van der Waals surface area contributed by atoms with Gasteiger partial charge in [0.1, 0.15) is 11.5 Å². The van der Waals surface area contributed by atoms with Crippen molar-refractivity contribution in [2.45, 2.75) is 88.3 Å². The van der Waals surface area contributed by atoms with Crippen LogP contribution in [0.3, 0.4) is 0 Å². The number of rotatable bonds is 4. The fourth-order valence-corrected chi connectivity index (χ4v) is 5.63. The molecule has 7 heteroatoms. The van der Waals surface area contributed by atoms with Crippen LogP contribution in [0.5, 0.6) is 0 Å². The summed E-state index contributed by atoms with van der Waals surface area (Å²) in [6.45, 7) is 1.82. The number of fused-ring (bicyclic) bond motifs is 4. The third kappa shape index (κ3) is 3.16. The van der Waals surface area contributed by atoms with E-state index in [4.69, 9.17) is 4.74 Å². The highest BCUT2D eigenvalue weighted by molar-refractivity contribution is 5.72. The van der Waals surface area contributed by atoms with Gasteiger partial charge in [-0.05, 0) is 74.6 Å². The van der Waals surface area contributed by atoms with Crippen LogP contribution in [0.4, 0.5) is 14.6 Å². The normalized spacial score (nSPS) is 30.3. The van der Waals surface area contributed by atoms with Crippen LogP contribution in [-0.4, -0.2) is 33.6 Å². The van der Waals surface area contributed by atoms with Gasteiger partial charge in [0, 0.05) is 17.5 Å². The predicted octanol–water partition coefficient (Wildman–Crippen LogP) is 4.65. The van der Waals surface area contributed by atoms with Gasteiger partial charge >= 0.3 is 0 Å². The van der Waals surface area contributed by atoms with Crippen LogP contribution in [0, 0.1) is 12.7 Å². The summed E-state index contributed by atoms with van der Waals surface area (Å²) in [4.78, 5) is 0. The second-order valence-corrected chi connectivity index (χ2v) is 9.68. The lowest BCUT2D eigenvalue weighted by atomic mass is 9.91. The number of aliphatic hydroxyl groups excluding tert-OH is 1. The monoisotopic (exact) mass is 427 g/mol. The first kappa shape index (κ1) is 19.6. The lowest BCUT2D eigenvalue weighted by molar-refractivity contribution is 0.0325. The Morgan fingerprint density at radius 3 is 2.71 bits per heavy atom. The molecule has 2 aliphatic heterocycles. The number of aryl methyl sites for hydroxylation is 1. The summed E-state index contributed by atoms with van der Waals surface area (Å²) in [5, 5.41) is 22.6. The molecule has 6 rings (SSSR count). The average molecular weight is 427 g/mol. The molecular formula is C24H27F2N3O2. The van der Waals surface area contributed by atoms with Gasteiger partial charge in [0.2, 0.25) is 0 Å². The number of hydrogen-bond donors (Lipinski definition) is 2. The lowest BCUT2D eigenvalue weighted by Crippen LogP contribution is -2.31. The van der Waals surface area contributed by atoms with Crippen LogP contribution in [0.25, 0.3) is 11.3 Å². The Labute approximate surface area is 180 Å². The molecule has 0 amide bonds. The van der Waals surface area contributed by atoms with E-state index in [-0.39, 0.29) is 18.2 Å². The van der Waals surface area contributed by atoms with Gasteiger partial charge in [-0.15, -0.1) is 10.2 Å². The van der Waals surface area contributed by atoms with Gasteiger partial charge in [-0.25, -0.2) is 8.78 Å². The predicted molar refractivity (Wildman–Crippen MR) is 112 cm³/mol. The average Bonchev–Trinajstić information content (AvgIpc) is 3.20. The molecule has 2 N–H and O–H groups in total. The Morgan fingerprint density at radius 1 is 1.16 bits per heavy atom. The highest BCUT2D eigenvalue weighted by Crippen LogP contribution is 2.51. The number of nitrogens with zero attached hydrogens (tertiary/aromatic N) is 2. The summed E-state index contributed by atoms with van der Waals surface area (Å²) in [7, 11) is 0. The van der Waals surface area contributed by atoms with Gasteiger partial charge < -0.3 is 15.2 Å². The van der Waals surface area contributed by atoms with E-state index in [1.165, 1.54) is 6.07 Å². The second kappa shape index (κ2) is 6.94. The first-order valence-corrected chi connectivity index (χ1v) is 11.4. The van der Waals surface area contributed by atoms with Crippen LogP contribution >= 0.6 is 0 Å². The van der Waals surface area contributed by atoms with Crippen molar-refractivity contribution in [1.29, 1.82) is 0 Å². The summed E-state index contributed by atoms with van der Waals surface area (Å²) in [5.74, 6) is 0.201. The zero-order chi connectivity index (χ0) is 21.3. The number of nitrogens with one attached hydrogen (secondary N) is 1. The number of aliphatic hydroxyl groups is 1. The van der Waals surface area contributed by atoms with Gasteiger partial charge in [0.25, 0.3) is 0 Å². The van der Waals surface area contributed by atoms with Crippen molar-refractivity contribution in [3.05, 3.63) is 40.2 Å². The molecule has 1 saturated heterocycles. The minimum Gasteiger partial charge on any atom is -0.391 e. The van der Waals surface area contributed by atoms with E-state index in [2.05, 4.69) is 15.5 Å². The molecule has 0 unspecified atom stereocenters. The minimum atomic E-state index is -1.38. The number of anilines is 1. The van der Waals surface area contributed by atoms with Crippen LogP contribution in [0.2, 0.25) is 0 Å². The summed E-state index contributed by atoms with van der Waals surface area (Å²) >= 11 is 0. The summed E-state index contributed by atoms with van der Waals surface area (Å²) in [5.41, 5.74) is 2.59. The maximum atomic E-state index is 15.3. The van der Waals surface area contributed by atoms with E-state index < -0.39 is 17.6 Å². The van der Waals surface area contributed by atoms with Gasteiger partial charge in [-0.2, -0.15) is 0 Å². The highest BCUT2D eigenvalue weighted by Gasteiger charge is 2.46. The van der Waals surface area contributed by atoms with E-state index in [0.29, 0.717) is 47.5 Å². The maximum absolute atomic E-state index is 15.3. The van der Waals surface area contributed by atoms with E-state index in [1.807, 2.05) is 6.92 Å². The smallest absolute Gasteiger partial charge is 0.155 e. The number of ether oxygens (including phenoxy) is 1. The Bertz CT molecular complexity index is 1030. The van der Waals surface area contributed by atoms with Gasteiger partial charge in [0.05, 0.1) is 30.0 Å². The number of alkyl halides is 1. The van der Waals surface area contributed by atoms with E-state index in [0.717, 1.165) is 43.2 Å². The van der Waals surface area contributed by atoms with Crippen LogP contribution < -0.4 is 5.32 Å². The molecular weight excluding hydrogens is 400 g/mol. The van der Waals surface area contributed by atoms with Gasteiger partial charge in [-0.1, -0.05) is 6.07 Å². The SMILES string of the molecule is Cc1cc(C2(F)CC2)cc(F)c1-c1nnc(N[C@@H]2CCC[C@H]2O)c2c1C[C@H]1CC[C@@H]2O1. The third-order valence-corrected chi connectivity index (χ3v) is 7.51. The topological polar surface area (TPSA) is 67.3 Å². The standard InChI is InChI=1S/C24H27F2N3O2/c1-12-9-13(24(26)7-8-24)10-16(25)20(12)22-15-11-14-5-6-19(31-14)21(15)23(29-28-22)27-17-3-2-4-18(17)30/h9-10,14,17-19,30H,2-8,11H2,1H3,(H,27,29)/t14-,17-,18-,19+/m1/s1. The van der Waals surface area contributed by atoms with Crippen molar-refractivity contribution < 1.29 is 18.6 Å². The van der Waals surface area contributed by atoms with Crippen LogP contribution in [0.15, 0.2) is 12.1 Å². The quantitative estimate of drug-likeness (QED) is 0.743. The molecule has 1 aromatic heterocycles. The molecule has 1 aromatic carbocycles. The zero-order valence-electron chi connectivity index (χ0n) is 17.6. The minimum absolute atomic E-state index is 0.0552. The van der Waals surface area contributed by atoms with Crippen molar-refractivity contribution in [1.82, 2.24) is 10.2 Å². The van der Waals surface area contributed by atoms with Crippen molar-refractivity contribution in [3.63, 3.8) is 0 Å². The molecule has 0 radical (unpaired) electrons. The number of halogens is 2. The van der Waals surface area contributed by atoms with Gasteiger partial charge in [0.15, 0.2) is 5.82 Å². The van der Waals surface area contributed by atoms with Crippen LogP contribution in [0.1, 0.15) is 73.3 Å². The number of hydrogen-bond acceptors (Lipinski definition) is 5. The fraction of sp³-hybridized carbons (Fsp3) is 0.583. The Morgan fingerprint density at radius 2 is 2.00 bits per heavy atom. The van der Waals surface area contributed by atoms with Gasteiger partial charge in [-0.3, -0.25) is 0 Å². The first-order chi connectivity index (χ1) is 14.9. The number of benzene rings is 1. The first-order valence-electron chi connectivity index (χ1n) is 11.4. The Kier molecular flexibility index (Phi) is 4.38. The fourth-order valence-electron chi connectivity index (χ4n) is 5.63. The molecule has 2 saturated carbocycles. The molecule has 4 aliphatic rings. The molecule has 3 heterocycles. The maximum Gasteiger partial charge on any atom is 0.155 e. The molecule has 2 bridgehead atoms. The summed E-state index contributed by atoms with van der Waals surface area (Å²) in [6, 6.07) is 3.03. The van der Waals surface area contributed by atoms with Crippen molar-refractivity contribution in [3.8, 4) is 11.3 Å². The largest absolute Gasteiger partial charge is 0.391 e. The van der Waals surface area contributed by atoms with E-state index in [9.17, 15) is 9.50 Å². The zero-order valence-corrected chi connectivity index (χ0v) is 17.6. The molecule has 2 aliphatic carbocycles. The van der Waals surface area contributed by atoms with E-state index in [1.54, 1.807) is 6.07 Å².